The molecule has 8 heteroatoms. The Morgan fingerprint density at radius 2 is 1.55 bits per heavy atom. The number of aryl methyl sites for hydroxylation is 3. The molecule has 2 aromatic rings. The summed E-state index contributed by atoms with van der Waals surface area (Å²) in [6.45, 7) is 10.8. The number of rotatable bonds is 6. The first-order valence-electron chi connectivity index (χ1n) is 9.96. The number of benzene rings is 2. The van der Waals surface area contributed by atoms with Gasteiger partial charge in [0.15, 0.2) is 0 Å². The number of para-hydroxylation sites is 1. The van der Waals surface area contributed by atoms with E-state index in [0.29, 0.717) is 16.9 Å². The van der Waals surface area contributed by atoms with Crippen molar-refractivity contribution in [2.24, 2.45) is 0 Å². The smallest absolute Gasteiger partial charge is 0.253 e. The van der Waals surface area contributed by atoms with Crippen molar-refractivity contribution in [2.75, 3.05) is 22.4 Å². The Morgan fingerprint density at radius 1 is 1.00 bits per heavy atom. The fraction of sp³-hybridized carbons (Fsp3) is 0.391. The molecule has 0 radical (unpaired) electrons. The van der Waals surface area contributed by atoms with Gasteiger partial charge in [-0.3, -0.25) is 13.9 Å². The van der Waals surface area contributed by atoms with Gasteiger partial charge in [0.2, 0.25) is 15.9 Å². The maximum Gasteiger partial charge on any atom is 0.253 e. The summed E-state index contributed by atoms with van der Waals surface area (Å²) >= 11 is 0. The number of anilines is 2. The number of nitrogens with zero attached hydrogens (tertiary/aromatic N) is 1. The van der Waals surface area contributed by atoms with Gasteiger partial charge in [0.25, 0.3) is 5.91 Å². The summed E-state index contributed by atoms with van der Waals surface area (Å²) in [5.41, 5.74) is 3.21. The first-order chi connectivity index (χ1) is 14.2. The van der Waals surface area contributed by atoms with E-state index in [1.165, 1.54) is 0 Å². The lowest BCUT2D eigenvalue weighted by Gasteiger charge is -2.26. The lowest BCUT2D eigenvalue weighted by atomic mass is 10.1. The Balaban J connectivity index is 2.33. The van der Waals surface area contributed by atoms with Crippen molar-refractivity contribution < 1.29 is 18.0 Å². The largest absolute Gasteiger partial charge is 0.347 e. The third-order valence-electron chi connectivity index (χ3n) is 4.51. The zero-order chi connectivity index (χ0) is 23.6. The van der Waals surface area contributed by atoms with Crippen LogP contribution in [0.25, 0.3) is 0 Å². The van der Waals surface area contributed by atoms with Crippen LogP contribution in [-0.2, 0) is 14.8 Å². The van der Waals surface area contributed by atoms with Gasteiger partial charge in [0.1, 0.15) is 6.54 Å². The van der Waals surface area contributed by atoms with Crippen molar-refractivity contribution in [1.82, 2.24) is 5.32 Å². The SMILES string of the molecule is Cc1cc(C)c(N(CC(=O)Nc2ccccc2C(=O)NC(C)(C)C)S(C)(=O)=O)c(C)c1. The van der Waals surface area contributed by atoms with Crippen LogP contribution in [0.4, 0.5) is 11.4 Å². The summed E-state index contributed by atoms with van der Waals surface area (Å²) in [6, 6.07) is 10.4. The van der Waals surface area contributed by atoms with E-state index in [9.17, 15) is 18.0 Å². The highest BCUT2D eigenvalue weighted by Crippen LogP contribution is 2.28. The molecule has 2 amide bonds. The van der Waals surface area contributed by atoms with E-state index >= 15 is 0 Å². The first-order valence-corrected chi connectivity index (χ1v) is 11.8. The van der Waals surface area contributed by atoms with Gasteiger partial charge >= 0.3 is 0 Å². The van der Waals surface area contributed by atoms with Crippen LogP contribution in [0.1, 0.15) is 47.8 Å². The van der Waals surface area contributed by atoms with Crippen molar-refractivity contribution in [1.29, 1.82) is 0 Å². The van der Waals surface area contributed by atoms with Crippen molar-refractivity contribution >= 4 is 33.2 Å². The number of carbonyl (C=O) groups is 2. The van der Waals surface area contributed by atoms with E-state index in [2.05, 4.69) is 10.6 Å². The number of carbonyl (C=O) groups excluding carboxylic acids is 2. The molecule has 0 unspecified atom stereocenters. The molecule has 2 aromatic carbocycles. The molecule has 2 N–H and O–H groups in total. The Labute approximate surface area is 184 Å². The van der Waals surface area contributed by atoms with Gasteiger partial charge in [0.05, 0.1) is 23.2 Å². The summed E-state index contributed by atoms with van der Waals surface area (Å²) in [6.07, 6.45) is 1.07. The predicted octanol–water partition coefficient (Wildman–Crippen LogP) is 3.54. The lowest BCUT2D eigenvalue weighted by Crippen LogP contribution is -2.41. The molecule has 0 heterocycles. The fourth-order valence-electron chi connectivity index (χ4n) is 3.45. The van der Waals surface area contributed by atoms with Crippen LogP contribution in [0.3, 0.4) is 0 Å². The van der Waals surface area contributed by atoms with Gasteiger partial charge in [0, 0.05) is 5.54 Å². The summed E-state index contributed by atoms with van der Waals surface area (Å²) in [5.74, 6) is -0.866. The van der Waals surface area contributed by atoms with Crippen LogP contribution >= 0.6 is 0 Å². The summed E-state index contributed by atoms with van der Waals surface area (Å²) < 4.78 is 26.1. The number of nitrogens with one attached hydrogen (secondary N) is 2. The highest BCUT2D eigenvalue weighted by Gasteiger charge is 2.25. The van der Waals surface area contributed by atoms with Gasteiger partial charge in [-0.05, 0) is 64.8 Å². The average Bonchev–Trinajstić information content (AvgIpc) is 2.58. The molecule has 0 aliphatic heterocycles. The molecule has 0 atom stereocenters. The molecule has 0 aliphatic carbocycles. The maximum absolute atomic E-state index is 12.8. The van der Waals surface area contributed by atoms with E-state index < -0.39 is 28.0 Å². The average molecular weight is 446 g/mol. The summed E-state index contributed by atoms with van der Waals surface area (Å²) in [5, 5.41) is 5.56. The number of sulfonamides is 1. The summed E-state index contributed by atoms with van der Waals surface area (Å²) in [7, 11) is -3.72. The van der Waals surface area contributed by atoms with Crippen LogP contribution < -0.4 is 14.9 Å². The second kappa shape index (κ2) is 9.09. The van der Waals surface area contributed by atoms with Crippen molar-refractivity contribution in [3.05, 3.63) is 58.7 Å². The van der Waals surface area contributed by atoms with E-state index in [1.54, 1.807) is 24.3 Å². The van der Waals surface area contributed by atoms with Gasteiger partial charge < -0.3 is 10.6 Å². The minimum Gasteiger partial charge on any atom is -0.347 e. The van der Waals surface area contributed by atoms with Crippen LogP contribution in [0.5, 0.6) is 0 Å². The Morgan fingerprint density at radius 3 is 2.06 bits per heavy atom. The normalized spacial score (nSPS) is 11.7. The molecule has 31 heavy (non-hydrogen) atoms. The van der Waals surface area contributed by atoms with Gasteiger partial charge in [-0.1, -0.05) is 29.8 Å². The molecule has 2 rings (SSSR count). The highest BCUT2D eigenvalue weighted by atomic mass is 32.2. The van der Waals surface area contributed by atoms with Crippen molar-refractivity contribution in [3.63, 3.8) is 0 Å². The van der Waals surface area contributed by atoms with Crippen molar-refractivity contribution in [3.8, 4) is 0 Å². The van der Waals surface area contributed by atoms with E-state index in [4.69, 9.17) is 0 Å². The van der Waals surface area contributed by atoms with Crippen LogP contribution in [0.2, 0.25) is 0 Å². The molecular weight excluding hydrogens is 414 g/mol. The second-order valence-electron chi connectivity index (χ2n) is 8.81. The van der Waals surface area contributed by atoms with E-state index in [1.807, 2.05) is 53.7 Å². The number of hydrogen-bond donors (Lipinski definition) is 2. The molecule has 0 bridgehead atoms. The molecule has 0 spiro atoms. The van der Waals surface area contributed by atoms with Crippen LogP contribution in [0, 0.1) is 20.8 Å². The van der Waals surface area contributed by atoms with Crippen molar-refractivity contribution in [2.45, 2.75) is 47.1 Å². The monoisotopic (exact) mass is 445 g/mol. The molecule has 0 saturated heterocycles. The minimum absolute atomic E-state index is 0.305. The third-order valence-corrected chi connectivity index (χ3v) is 5.62. The zero-order valence-electron chi connectivity index (χ0n) is 19.2. The maximum atomic E-state index is 12.8. The molecular formula is C23H31N3O4S. The van der Waals surface area contributed by atoms with E-state index in [0.717, 1.165) is 27.3 Å². The summed E-state index contributed by atoms with van der Waals surface area (Å²) in [4.78, 5) is 25.5. The van der Waals surface area contributed by atoms with Gasteiger partial charge in [-0.25, -0.2) is 8.42 Å². The molecule has 0 saturated carbocycles. The molecule has 0 aliphatic rings. The Bertz CT molecular complexity index is 1080. The highest BCUT2D eigenvalue weighted by molar-refractivity contribution is 7.92. The fourth-order valence-corrected chi connectivity index (χ4v) is 4.42. The Hall–Kier alpha value is -2.87. The van der Waals surface area contributed by atoms with Crippen LogP contribution in [-0.4, -0.2) is 38.6 Å². The Kier molecular flexibility index (Phi) is 7.16. The molecule has 7 nitrogen and oxygen atoms in total. The lowest BCUT2D eigenvalue weighted by molar-refractivity contribution is -0.114. The molecule has 168 valence electrons. The standard InChI is InChI=1S/C23H31N3O4S/c1-15-12-16(2)21(17(3)13-15)26(31(7,29)30)14-20(27)24-19-11-9-8-10-18(19)22(28)25-23(4,5)6/h8-13H,14H2,1-7H3,(H,24,27)(H,25,28). The van der Waals surface area contributed by atoms with E-state index in [-0.39, 0.29) is 5.91 Å². The predicted molar refractivity (Wildman–Crippen MR) is 125 cm³/mol. The quantitative estimate of drug-likeness (QED) is 0.711. The number of amides is 2. The first kappa shape index (κ1) is 24.4. The molecule has 0 fully saturated rings. The van der Waals surface area contributed by atoms with Gasteiger partial charge in [-0.2, -0.15) is 0 Å². The molecule has 0 aromatic heterocycles. The van der Waals surface area contributed by atoms with Crippen LogP contribution in [0.15, 0.2) is 36.4 Å². The minimum atomic E-state index is -3.72. The number of hydrogen-bond acceptors (Lipinski definition) is 4. The topological polar surface area (TPSA) is 95.6 Å². The second-order valence-corrected chi connectivity index (χ2v) is 10.7. The van der Waals surface area contributed by atoms with Gasteiger partial charge in [-0.15, -0.1) is 0 Å². The zero-order valence-corrected chi connectivity index (χ0v) is 20.0. The third kappa shape index (κ3) is 6.55.